The van der Waals surface area contributed by atoms with Gasteiger partial charge in [-0.3, -0.25) is 9.59 Å². The van der Waals surface area contributed by atoms with Crippen LogP contribution in [-0.4, -0.2) is 43.3 Å². The van der Waals surface area contributed by atoms with Crippen LogP contribution in [0.4, 0.5) is 0 Å². The maximum atomic E-state index is 13.5. The summed E-state index contributed by atoms with van der Waals surface area (Å²) in [5.74, 6) is -0.289. The summed E-state index contributed by atoms with van der Waals surface area (Å²) < 4.78 is 16.7. The summed E-state index contributed by atoms with van der Waals surface area (Å²) in [6.07, 6.45) is 0. The zero-order valence-corrected chi connectivity index (χ0v) is 19.3. The average Bonchev–Trinajstić information content (AvgIpc) is 3.02. The summed E-state index contributed by atoms with van der Waals surface area (Å²) in [4.78, 5) is 28.3. The lowest BCUT2D eigenvalue weighted by molar-refractivity contribution is 0.0663. The fourth-order valence-electron chi connectivity index (χ4n) is 3.81. The van der Waals surface area contributed by atoms with E-state index in [1.54, 1.807) is 31.2 Å². The molecule has 0 saturated carbocycles. The van der Waals surface area contributed by atoms with Gasteiger partial charge >= 0.3 is 0 Å². The number of benzene rings is 2. The number of aryl methyl sites for hydroxylation is 1. The molecule has 1 aromatic heterocycles. The number of carbonyl (C=O) groups is 1. The highest BCUT2D eigenvalue weighted by molar-refractivity contribution is 9.10. The van der Waals surface area contributed by atoms with Crippen molar-refractivity contribution in [2.75, 3.05) is 27.4 Å². The Morgan fingerprint density at radius 2 is 1.97 bits per heavy atom. The van der Waals surface area contributed by atoms with E-state index in [1.165, 1.54) is 19.1 Å². The molecule has 9 heteroatoms. The molecule has 1 amide bonds. The Morgan fingerprint density at radius 3 is 2.65 bits per heavy atom. The van der Waals surface area contributed by atoms with Gasteiger partial charge in [-0.1, -0.05) is 11.6 Å². The Balaban J connectivity index is 2.01. The Bertz CT molecular complexity index is 1270. The second kappa shape index (κ2) is 8.18. The smallest absolute Gasteiger partial charge is 0.290 e. The molecular formula is C22H19BrClNO6. The summed E-state index contributed by atoms with van der Waals surface area (Å²) in [5.41, 5.74) is 1.50. The zero-order chi connectivity index (χ0) is 22.4. The number of fused-ring (bicyclic) bond motifs is 2. The van der Waals surface area contributed by atoms with Gasteiger partial charge in [0, 0.05) is 18.7 Å². The van der Waals surface area contributed by atoms with Gasteiger partial charge in [-0.05, 0) is 58.2 Å². The largest absolute Gasteiger partial charge is 0.503 e. The second-order valence-corrected chi connectivity index (χ2v) is 8.48. The molecule has 4 rings (SSSR count). The predicted octanol–water partition coefficient (Wildman–Crippen LogP) is 4.42. The van der Waals surface area contributed by atoms with Gasteiger partial charge in [0.1, 0.15) is 5.58 Å². The highest BCUT2D eigenvalue weighted by atomic mass is 79.9. The van der Waals surface area contributed by atoms with Crippen molar-refractivity contribution in [1.82, 2.24) is 4.90 Å². The Kier molecular flexibility index (Phi) is 5.72. The van der Waals surface area contributed by atoms with Crippen molar-refractivity contribution in [3.63, 3.8) is 0 Å². The van der Waals surface area contributed by atoms with Crippen LogP contribution in [0.3, 0.4) is 0 Å². The first-order chi connectivity index (χ1) is 14.8. The number of rotatable bonds is 5. The first-order valence-corrected chi connectivity index (χ1v) is 10.6. The van der Waals surface area contributed by atoms with Crippen molar-refractivity contribution in [2.45, 2.75) is 13.0 Å². The molecule has 1 N–H and O–H groups in total. The molecule has 0 bridgehead atoms. The molecule has 0 aliphatic carbocycles. The number of hydrogen-bond acceptors (Lipinski definition) is 6. The van der Waals surface area contributed by atoms with Crippen LogP contribution in [0.5, 0.6) is 11.5 Å². The molecule has 0 saturated heterocycles. The van der Waals surface area contributed by atoms with Crippen LogP contribution in [0, 0.1) is 6.92 Å². The number of methoxy groups -OCH3 is 2. The zero-order valence-electron chi connectivity index (χ0n) is 17.0. The lowest BCUT2D eigenvalue weighted by Gasteiger charge is -2.25. The van der Waals surface area contributed by atoms with Crippen molar-refractivity contribution in [1.29, 1.82) is 0 Å². The normalized spacial score (nSPS) is 15.6. The topological polar surface area (TPSA) is 89.2 Å². The quantitative estimate of drug-likeness (QED) is 0.549. The minimum absolute atomic E-state index is 0.0107. The molecule has 0 spiro atoms. The number of hydrogen-bond donors (Lipinski definition) is 1. The minimum Gasteiger partial charge on any atom is -0.503 e. The van der Waals surface area contributed by atoms with Crippen molar-refractivity contribution in [3.05, 3.63) is 66.4 Å². The summed E-state index contributed by atoms with van der Waals surface area (Å²) in [6.45, 7) is 2.30. The molecule has 0 unspecified atom stereocenters. The Labute approximate surface area is 191 Å². The molecule has 1 aliphatic heterocycles. The van der Waals surface area contributed by atoms with Crippen LogP contribution in [0.15, 0.2) is 37.9 Å². The first-order valence-electron chi connectivity index (χ1n) is 9.41. The summed E-state index contributed by atoms with van der Waals surface area (Å²) in [5, 5.41) is 10.9. The van der Waals surface area contributed by atoms with Crippen LogP contribution < -0.4 is 10.2 Å². The van der Waals surface area contributed by atoms with Crippen LogP contribution in [0.25, 0.3) is 11.0 Å². The maximum absolute atomic E-state index is 13.5. The fourth-order valence-corrected chi connectivity index (χ4v) is 4.44. The number of ether oxygens (including phenoxy) is 2. The number of phenols is 1. The van der Waals surface area contributed by atoms with E-state index in [-0.39, 0.29) is 41.4 Å². The molecule has 1 atom stereocenters. The minimum atomic E-state index is -0.746. The lowest BCUT2D eigenvalue weighted by Crippen LogP contribution is -2.32. The number of amides is 1. The molecule has 7 nitrogen and oxygen atoms in total. The van der Waals surface area contributed by atoms with Crippen LogP contribution >= 0.6 is 27.5 Å². The number of phenolic OH excluding ortho intramolecular Hbond substituents is 1. The summed E-state index contributed by atoms with van der Waals surface area (Å²) in [7, 11) is 2.96. The van der Waals surface area contributed by atoms with Gasteiger partial charge in [0.15, 0.2) is 16.9 Å². The van der Waals surface area contributed by atoms with E-state index in [0.29, 0.717) is 26.0 Å². The van der Waals surface area contributed by atoms with Gasteiger partial charge < -0.3 is 23.9 Å². The van der Waals surface area contributed by atoms with E-state index in [4.69, 9.17) is 25.5 Å². The molecule has 3 aromatic rings. The van der Waals surface area contributed by atoms with E-state index < -0.39 is 11.9 Å². The molecule has 0 radical (unpaired) electrons. The predicted molar refractivity (Wildman–Crippen MR) is 119 cm³/mol. The van der Waals surface area contributed by atoms with E-state index in [1.807, 2.05) is 0 Å². The third-order valence-electron chi connectivity index (χ3n) is 5.37. The number of carbonyl (C=O) groups excluding carboxylic acids is 1. The van der Waals surface area contributed by atoms with Gasteiger partial charge in [-0.25, -0.2) is 0 Å². The van der Waals surface area contributed by atoms with Gasteiger partial charge in [0.25, 0.3) is 5.91 Å². The van der Waals surface area contributed by atoms with E-state index >= 15 is 0 Å². The van der Waals surface area contributed by atoms with Gasteiger partial charge in [-0.2, -0.15) is 0 Å². The second-order valence-electron chi connectivity index (χ2n) is 7.22. The third-order valence-corrected chi connectivity index (χ3v) is 6.38. The first kappa shape index (κ1) is 21.7. The molecule has 1 aliphatic rings. The van der Waals surface area contributed by atoms with Crippen molar-refractivity contribution in [3.8, 4) is 11.5 Å². The Hall–Kier alpha value is -2.55. The van der Waals surface area contributed by atoms with Gasteiger partial charge in [-0.15, -0.1) is 0 Å². The van der Waals surface area contributed by atoms with Crippen LogP contribution in [0.1, 0.15) is 33.3 Å². The molecule has 0 fully saturated rings. The van der Waals surface area contributed by atoms with E-state index in [0.717, 1.165) is 5.56 Å². The third kappa shape index (κ3) is 3.48. The van der Waals surface area contributed by atoms with Crippen molar-refractivity contribution < 1.29 is 23.8 Å². The molecule has 31 heavy (non-hydrogen) atoms. The van der Waals surface area contributed by atoms with Crippen LogP contribution in [0.2, 0.25) is 5.02 Å². The van der Waals surface area contributed by atoms with Crippen LogP contribution in [-0.2, 0) is 4.74 Å². The standard InChI is InChI=1S/C22H19BrClNO6/c1-10-6-15-12(9-14(10)24)19(26)17-18(11-7-13(23)20(27)16(8-11)30-3)25(4-5-29-2)22(28)21(17)31-15/h6-9,18,27H,4-5H2,1-3H3/t18-/m1/s1. The maximum Gasteiger partial charge on any atom is 0.290 e. The van der Waals surface area contributed by atoms with Gasteiger partial charge in [0.05, 0.1) is 35.2 Å². The molecular weight excluding hydrogens is 490 g/mol. The van der Waals surface area contributed by atoms with E-state index in [9.17, 15) is 14.7 Å². The lowest BCUT2D eigenvalue weighted by atomic mass is 9.98. The summed E-state index contributed by atoms with van der Waals surface area (Å²) in [6, 6.07) is 5.71. The fraction of sp³-hybridized carbons (Fsp3) is 0.273. The molecule has 2 heterocycles. The number of nitrogens with zero attached hydrogens (tertiary/aromatic N) is 1. The number of aromatic hydroxyl groups is 1. The Morgan fingerprint density at radius 1 is 1.23 bits per heavy atom. The van der Waals surface area contributed by atoms with Crippen molar-refractivity contribution >= 4 is 44.4 Å². The van der Waals surface area contributed by atoms with Crippen molar-refractivity contribution in [2.24, 2.45) is 0 Å². The molecule has 162 valence electrons. The monoisotopic (exact) mass is 507 g/mol. The highest BCUT2D eigenvalue weighted by Gasteiger charge is 2.43. The molecule has 2 aromatic carbocycles. The average molecular weight is 509 g/mol. The van der Waals surface area contributed by atoms with Gasteiger partial charge in [0.2, 0.25) is 5.76 Å². The number of halogens is 2. The summed E-state index contributed by atoms with van der Waals surface area (Å²) >= 11 is 9.55. The highest BCUT2D eigenvalue weighted by Crippen LogP contribution is 2.43. The van der Waals surface area contributed by atoms with E-state index in [2.05, 4.69) is 15.9 Å². The SMILES string of the molecule is COCCN1C(=O)c2oc3cc(C)c(Cl)cc3c(=O)c2[C@H]1c1cc(Br)c(O)c(OC)c1.